The second-order valence-electron chi connectivity index (χ2n) is 4.55. The lowest BCUT2D eigenvalue weighted by molar-refractivity contribution is 0.0697. The van der Waals surface area contributed by atoms with Gasteiger partial charge in [0.15, 0.2) is 0 Å². The zero-order valence-electron chi connectivity index (χ0n) is 11.0. The lowest BCUT2D eigenvalue weighted by Crippen LogP contribution is -2.34. The number of nitrogens with one attached hydrogen (secondary N) is 1. The smallest absolute Gasteiger partial charge is 0.337 e. The fraction of sp³-hybridized carbons (Fsp3) is 0.417. The Kier molecular flexibility index (Phi) is 5.52. The van der Waals surface area contributed by atoms with Crippen molar-refractivity contribution < 1.29 is 23.4 Å². The average Bonchev–Trinajstić information content (AvgIpc) is 2.25. The van der Waals surface area contributed by atoms with E-state index in [0.717, 1.165) is 12.1 Å². The molecule has 0 fully saturated rings. The second-order valence-corrected chi connectivity index (χ2v) is 6.68. The van der Waals surface area contributed by atoms with Crippen LogP contribution in [0.2, 0.25) is 5.02 Å². The fourth-order valence-corrected chi connectivity index (χ4v) is 3.34. The highest BCUT2D eigenvalue weighted by molar-refractivity contribution is 7.89. The molecule has 0 saturated carbocycles. The summed E-state index contributed by atoms with van der Waals surface area (Å²) in [6.45, 7) is 3.18. The van der Waals surface area contributed by atoms with E-state index in [-0.39, 0.29) is 21.9 Å². The fourth-order valence-electron chi connectivity index (χ4n) is 1.73. The largest absolute Gasteiger partial charge is 0.478 e. The number of halogens is 1. The van der Waals surface area contributed by atoms with E-state index in [9.17, 15) is 18.3 Å². The quantitative estimate of drug-likeness (QED) is 0.736. The van der Waals surface area contributed by atoms with E-state index in [0.29, 0.717) is 0 Å². The first kappa shape index (κ1) is 16.9. The Hall–Kier alpha value is -1.15. The maximum Gasteiger partial charge on any atom is 0.337 e. The van der Waals surface area contributed by atoms with Gasteiger partial charge in [-0.05, 0) is 38.5 Å². The van der Waals surface area contributed by atoms with Crippen LogP contribution in [0, 0.1) is 0 Å². The predicted octanol–water partition coefficient (Wildman–Crippen LogP) is 1.48. The van der Waals surface area contributed by atoms with Crippen molar-refractivity contribution in [2.75, 3.05) is 0 Å². The highest BCUT2D eigenvalue weighted by Crippen LogP contribution is 2.21. The van der Waals surface area contributed by atoms with Crippen LogP contribution in [-0.2, 0) is 10.0 Å². The van der Waals surface area contributed by atoms with Crippen LogP contribution in [0.25, 0.3) is 0 Å². The van der Waals surface area contributed by atoms with Crippen LogP contribution in [0.5, 0.6) is 0 Å². The van der Waals surface area contributed by atoms with Crippen molar-refractivity contribution in [1.82, 2.24) is 4.72 Å². The molecule has 6 nitrogen and oxygen atoms in total. The van der Waals surface area contributed by atoms with Crippen molar-refractivity contribution in [3.8, 4) is 0 Å². The van der Waals surface area contributed by atoms with Gasteiger partial charge in [-0.1, -0.05) is 11.6 Å². The Morgan fingerprint density at radius 1 is 1.40 bits per heavy atom. The Morgan fingerprint density at radius 3 is 2.45 bits per heavy atom. The van der Waals surface area contributed by atoms with Crippen LogP contribution < -0.4 is 4.72 Å². The van der Waals surface area contributed by atoms with Crippen LogP contribution >= 0.6 is 11.6 Å². The third kappa shape index (κ3) is 4.45. The zero-order chi connectivity index (χ0) is 15.5. The predicted molar refractivity (Wildman–Crippen MR) is 74.5 cm³/mol. The number of aliphatic hydroxyl groups is 1. The topological polar surface area (TPSA) is 104 Å². The number of aromatic carboxylic acids is 1. The summed E-state index contributed by atoms with van der Waals surface area (Å²) in [5.74, 6) is -1.23. The summed E-state index contributed by atoms with van der Waals surface area (Å²) in [5, 5.41) is 17.9. The molecule has 0 bridgehead atoms. The summed E-state index contributed by atoms with van der Waals surface area (Å²) in [4.78, 5) is 10.7. The van der Waals surface area contributed by atoms with Crippen molar-refractivity contribution >= 4 is 27.6 Å². The molecule has 0 saturated heterocycles. The molecule has 3 N–H and O–H groups in total. The molecule has 1 aromatic rings. The highest BCUT2D eigenvalue weighted by Gasteiger charge is 2.20. The molecule has 8 heteroatoms. The van der Waals surface area contributed by atoms with E-state index < -0.39 is 28.1 Å². The van der Waals surface area contributed by atoms with E-state index in [4.69, 9.17) is 16.7 Å². The van der Waals surface area contributed by atoms with Crippen molar-refractivity contribution in [3.05, 3.63) is 28.8 Å². The molecule has 20 heavy (non-hydrogen) atoms. The number of carboxylic acids is 1. The van der Waals surface area contributed by atoms with Gasteiger partial charge in [-0.3, -0.25) is 0 Å². The van der Waals surface area contributed by atoms with Gasteiger partial charge in [0.1, 0.15) is 0 Å². The third-order valence-corrected chi connectivity index (χ3v) is 4.43. The SMILES string of the molecule is CC(O)CC(C)NS(=O)(=O)c1ccc(C(=O)O)c(Cl)c1. The Labute approximate surface area is 122 Å². The molecule has 1 aromatic carbocycles. The van der Waals surface area contributed by atoms with Gasteiger partial charge >= 0.3 is 5.97 Å². The van der Waals surface area contributed by atoms with Crippen LogP contribution in [0.3, 0.4) is 0 Å². The van der Waals surface area contributed by atoms with Gasteiger partial charge in [0, 0.05) is 6.04 Å². The Bertz CT molecular complexity index is 600. The number of hydrogen-bond acceptors (Lipinski definition) is 4. The van der Waals surface area contributed by atoms with Crippen LogP contribution in [-0.4, -0.2) is 36.7 Å². The molecule has 0 spiro atoms. The molecule has 112 valence electrons. The standard InChI is InChI=1S/C12H16ClNO5S/c1-7(5-8(2)15)14-20(18,19)9-3-4-10(12(16)17)11(13)6-9/h3-4,6-8,14-15H,5H2,1-2H3,(H,16,17). The van der Waals surface area contributed by atoms with E-state index in [2.05, 4.69) is 4.72 Å². The van der Waals surface area contributed by atoms with E-state index in [1.54, 1.807) is 13.8 Å². The molecule has 0 heterocycles. The molecule has 1 rings (SSSR count). The Morgan fingerprint density at radius 2 is 2.00 bits per heavy atom. The van der Waals surface area contributed by atoms with Crippen molar-refractivity contribution in [1.29, 1.82) is 0 Å². The van der Waals surface area contributed by atoms with Crippen LogP contribution in [0.4, 0.5) is 0 Å². The number of rotatable bonds is 6. The Balaban J connectivity index is 2.99. The highest BCUT2D eigenvalue weighted by atomic mass is 35.5. The van der Waals surface area contributed by atoms with Gasteiger partial charge in [-0.2, -0.15) is 0 Å². The van der Waals surface area contributed by atoms with Crippen molar-refractivity contribution in [2.24, 2.45) is 0 Å². The number of benzene rings is 1. The van der Waals surface area contributed by atoms with Gasteiger partial charge in [-0.15, -0.1) is 0 Å². The summed E-state index contributed by atoms with van der Waals surface area (Å²) in [5.41, 5.74) is -0.164. The third-order valence-electron chi connectivity index (χ3n) is 2.53. The molecule has 0 aliphatic rings. The van der Waals surface area contributed by atoms with Gasteiger partial charge in [0.2, 0.25) is 10.0 Å². The number of carboxylic acid groups (broad SMARTS) is 1. The van der Waals surface area contributed by atoms with Gasteiger partial charge in [-0.25, -0.2) is 17.9 Å². The van der Waals surface area contributed by atoms with E-state index >= 15 is 0 Å². The monoisotopic (exact) mass is 321 g/mol. The summed E-state index contributed by atoms with van der Waals surface area (Å²) < 4.78 is 26.5. The summed E-state index contributed by atoms with van der Waals surface area (Å²) in [7, 11) is -3.81. The molecular weight excluding hydrogens is 306 g/mol. The van der Waals surface area contributed by atoms with Crippen molar-refractivity contribution in [2.45, 2.75) is 37.3 Å². The van der Waals surface area contributed by atoms with Gasteiger partial charge < -0.3 is 10.2 Å². The van der Waals surface area contributed by atoms with Crippen LogP contribution in [0.1, 0.15) is 30.6 Å². The number of carbonyl (C=O) groups is 1. The molecule has 2 atom stereocenters. The molecule has 0 radical (unpaired) electrons. The van der Waals surface area contributed by atoms with Crippen molar-refractivity contribution in [3.63, 3.8) is 0 Å². The summed E-state index contributed by atoms with van der Waals surface area (Å²) >= 11 is 5.74. The number of sulfonamides is 1. The molecule has 2 unspecified atom stereocenters. The normalized spacial score (nSPS) is 14.8. The van der Waals surface area contributed by atoms with Gasteiger partial charge in [0.25, 0.3) is 0 Å². The first-order valence-electron chi connectivity index (χ1n) is 5.86. The maximum absolute atomic E-state index is 12.1. The zero-order valence-corrected chi connectivity index (χ0v) is 12.6. The lowest BCUT2D eigenvalue weighted by Gasteiger charge is -2.16. The minimum atomic E-state index is -3.81. The average molecular weight is 322 g/mol. The number of hydrogen-bond donors (Lipinski definition) is 3. The summed E-state index contributed by atoms with van der Waals surface area (Å²) in [6.07, 6.45) is -0.370. The molecule has 0 amide bonds. The van der Waals surface area contributed by atoms with E-state index in [1.807, 2.05) is 0 Å². The first-order valence-corrected chi connectivity index (χ1v) is 7.73. The minimum absolute atomic E-state index is 0.120. The maximum atomic E-state index is 12.1. The summed E-state index contributed by atoms with van der Waals surface area (Å²) in [6, 6.07) is 2.94. The second kappa shape index (κ2) is 6.53. The molecule has 0 aliphatic heterocycles. The first-order chi connectivity index (χ1) is 9.13. The molecule has 0 aliphatic carbocycles. The van der Waals surface area contributed by atoms with E-state index in [1.165, 1.54) is 6.07 Å². The van der Waals surface area contributed by atoms with Gasteiger partial charge in [0.05, 0.1) is 21.6 Å². The molecular formula is C12H16ClNO5S. The lowest BCUT2D eigenvalue weighted by atomic mass is 10.2. The molecule has 0 aromatic heterocycles. The number of aliphatic hydroxyl groups excluding tert-OH is 1. The minimum Gasteiger partial charge on any atom is -0.478 e. The van der Waals surface area contributed by atoms with Crippen LogP contribution in [0.15, 0.2) is 23.1 Å².